The van der Waals surface area contributed by atoms with Crippen molar-refractivity contribution in [1.29, 1.82) is 0 Å². The van der Waals surface area contributed by atoms with Gasteiger partial charge in [0, 0.05) is 6.42 Å². The number of nitrogens with one attached hydrogen (secondary N) is 2. The van der Waals surface area contributed by atoms with Gasteiger partial charge in [-0.15, -0.1) is 0 Å². The van der Waals surface area contributed by atoms with Crippen molar-refractivity contribution in [2.24, 2.45) is 4.99 Å². The number of rotatable bonds is 16. The average Bonchev–Trinajstić information content (AvgIpc) is 3.21. The number of nitrogens with zero attached hydrogens (tertiary/aromatic N) is 2. The highest BCUT2D eigenvalue weighted by atomic mass is 32.2. The maximum atomic E-state index is 13.6. The lowest BCUT2D eigenvalue weighted by molar-refractivity contribution is -0.129. The molecule has 0 spiro atoms. The van der Waals surface area contributed by atoms with Crippen molar-refractivity contribution in [3.8, 4) is 23.3 Å². The van der Waals surface area contributed by atoms with Crippen molar-refractivity contribution in [2.45, 2.75) is 82.1 Å². The monoisotopic (exact) mass is 874 g/mol. The van der Waals surface area contributed by atoms with Crippen LogP contribution in [0.3, 0.4) is 0 Å². The number of thioether (sulfide) groups is 1. The van der Waals surface area contributed by atoms with E-state index in [2.05, 4.69) is 71.9 Å². The predicted octanol–water partition coefficient (Wildman–Crippen LogP) is 6.82. The van der Waals surface area contributed by atoms with Crippen LogP contribution in [0, 0.1) is 11.8 Å². The van der Waals surface area contributed by atoms with E-state index in [4.69, 9.17) is 18.6 Å². The number of hydroxylamine groups is 2. The first-order valence-electron chi connectivity index (χ1n) is 19.5. The summed E-state index contributed by atoms with van der Waals surface area (Å²) >= 11 is 1.15. The highest BCUT2D eigenvalue weighted by Crippen LogP contribution is 2.37. The standard InChI is InChI=1S/C45H58N4O8S2Si/c1-44(2,3)57-43(50)47-40(33-56-60(45(4,5)6,38-18-12-10-13-19-38)39-20-14-11-15-21-39)41(49(51)32-34-23-25-35(54-7)26-24-34)22-16-17-31-46-42(58-9)48-59(52,53)37-29-27-36(55-8)28-30-37/h10-15,18-21,23-30,40-41,51H,17,31-33H2,1-9H3,(H,46,48)(H,47,50)/t40-,41+/m0/s1. The Labute approximate surface area is 361 Å². The van der Waals surface area contributed by atoms with Crippen LogP contribution < -0.4 is 29.9 Å². The van der Waals surface area contributed by atoms with E-state index in [9.17, 15) is 18.4 Å². The minimum Gasteiger partial charge on any atom is -0.497 e. The van der Waals surface area contributed by atoms with Gasteiger partial charge in [0.2, 0.25) is 0 Å². The lowest BCUT2D eigenvalue weighted by Gasteiger charge is -2.44. The third kappa shape index (κ3) is 13.3. The second kappa shape index (κ2) is 21.6. The molecule has 0 unspecified atom stereocenters. The third-order valence-corrected chi connectivity index (χ3v) is 16.4. The number of amides is 1. The molecule has 0 bridgehead atoms. The molecule has 0 saturated heterocycles. The summed E-state index contributed by atoms with van der Waals surface area (Å²) in [5.41, 5.74) is -0.0363. The zero-order valence-electron chi connectivity index (χ0n) is 35.9. The second-order valence-electron chi connectivity index (χ2n) is 15.9. The fourth-order valence-electron chi connectivity index (χ4n) is 6.50. The summed E-state index contributed by atoms with van der Waals surface area (Å²) in [6, 6.07) is 31.7. The molecule has 0 saturated carbocycles. The predicted molar refractivity (Wildman–Crippen MR) is 242 cm³/mol. The van der Waals surface area contributed by atoms with E-state index >= 15 is 0 Å². The third-order valence-electron chi connectivity index (χ3n) is 9.33. The smallest absolute Gasteiger partial charge is 0.408 e. The number of aliphatic imine (C=N–C) groups is 1. The molecule has 15 heteroatoms. The van der Waals surface area contributed by atoms with E-state index < -0.39 is 42.1 Å². The number of ether oxygens (including phenoxy) is 3. The quantitative estimate of drug-likeness (QED) is 0.0274. The Hall–Kier alpha value is -4.82. The van der Waals surface area contributed by atoms with Crippen LogP contribution in [0.1, 0.15) is 53.5 Å². The summed E-state index contributed by atoms with van der Waals surface area (Å²) < 4.78 is 52.3. The van der Waals surface area contributed by atoms with Crippen molar-refractivity contribution in [3.63, 3.8) is 0 Å². The van der Waals surface area contributed by atoms with Gasteiger partial charge in [0.05, 0.1) is 44.9 Å². The molecule has 322 valence electrons. The number of carbonyl (C=O) groups is 1. The molecule has 0 aliphatic heterocycles. The van der Waals surface area contributed by atoms with Crippen LogP contribution in [0.15, 0.2) is 119 Å². The van der Waals surface area contributed by atoms with Crippen molar-refractivity contribution in [3.05, 3.63) is 115 Å². The molecule has 60 heavy (non-hydrogen) atoms. The number of benzene rings is 4. The van der Waals surface area contributed by atoms with Crippen LogP contribution in [-0.4, -0.2) is 89.6 Å². The SMILES string of the molecule is COc1ccc(CN(O)[C@H](C#CCCN=C(NS(=O)(=O)c2ccc(OC)cc2)SC)[C@H](CO[Si](c2ccccc2)(c2ccccc2)C(C)(C)C)NC(=O)OC(C)(C)C)cc1. The first-order valence-corrected chi connectivity index (χ1v) is 24.1. The molecular formula is C45H58N4O8S2Si. The fraction of sp³-hybridized carbons (Fsp3) is 0.378. The number of hydrogen-bond acceptors (Lipinski definition) is 11. The molecule has 12 nitrogen and oxygen atoms in total. The number of alkyl carbamates (subject to hydrolysis) is 1. The van der Waals surface area contributed by atoms with Crippen molar-refractivity contribution in [2.75, 3.05) is 33.6 Å². The highest BCUT2D eigenvalue weighted by molar-refractivity contribution is 8.14. The molecule has 0 aliphatic carbocycles. The summed E-state index contributed by atoms with van der Waals surface area (Å²) in [6.45, 7) is 12.0. The maximum absolute atomic E-state index is 13.6. The van der Waals surface area contributed by atoms with Gasteiger partial charge in [0.15, 0.2) is 5.17 Å². The number of methoxy groups -OCH3 is 2. The Kier molecular flexibility index (Phi) is 17.2. The topological polar surface area (TPSA) is 148 Å². The first kappa shape index (κ1) is 47.9. The molecule has 0 aliphatic rings. The molecule has 3 N–H and O–H groups in total. The summed E-state index contributed by atoms with van der Waals surface area (Å²) in [4.78, 5) is 18.1. The van der Waals surface area contributed by atoms with Gasteiger partial charge in [0.25, 0.3) is 18.3 Å². The lowest BCUT2D eigenvalue weighted by atomic mass is 10.1. The van der Waals surface area contributed by atoms with Crippen LogP contribution in [0.5, 0.6) is 11.5 Å². The first-order chi connectivity index (χ1) is 28.4. The molecule has 0 aromatic heterocycles. The Balaban J connectivity index is 1.73. The van der Waals surface area contributed by atoms with E-state index in [0.29, 0.717) is 11.5 Å². The zero-order valence-corrected chi connectivity index (χ0v) is 38.5. The van der Waals surface area contributed by atoms with Gasteiger partial charge in [0.1, 0.15) is 23.1 Å². The number of amidine groups is 1. The average molecular weight is 875 g/mol. The van der Waals surface area contributed by atoms with Gasteiger partial charge in [-0.1, -0.05) is 117 Å². The number of carbonyl (C=O) groups excluding carboxylic acids is 1. The lowest BCUT2D eigenvalue weighted by Crippen LogP contribution is -2.68. The van der Waals surface area contributed by atoms with E-state index in [-0.39, 0.29) is 41.2 Å². The second-order valence-corrected chi connectivity index (χ2v) is 22.6. The zero-order chi connectivity index (χ0) is 44.0. The summed E-state index contributed by atoms with van der Waals surface area (Å²) in [5, 5.41) is 17.9. The minimum atomic E-state index is -3.91. The molecule has 2 atom stereocenters. The van der Waals surface area contributed by atoms with Gasteiger partial charge in [-0.25, -0.2) is 13.2 Å². The Bertz CT molecular complexity index is 2130. The summed E-state index contributed by atoms with van der Waals surface area (Å²) in [6.07, 6.45) is 1.23. The molecule has 4 aromatic rings. The minimum absolute atomic E-state index is 0.0343. The maximum Gasteiger partial charge on any atom is 0.408 e. The van der Waals surface area contributed by atoms with E-state index in [0.717, 1.165) is 32.8 Å². The van der Waals surface area contributed by atoms with Crippen LogP contribution >= 0.6 is 11.8 Å². The Morgan fingerprint density at radius 1 is 0.850 bits per heavy atom. The normalized spacial score (nSPS) is 13.4. The van der Waals surface area contributed by atoms with Crippen LogP contribution in [0.4, 0.5) is 4.79 Å². The van der Waals surface area contributed by atoms with E-state index in [1.165, 1.54) is 19.2 Å². The molecule has 0 heterocycles. The van der Waals surface area contributed by atoms with Crippen molar-refractivity contribution < 1.29 is 37.1 Å². The highest BCUT2D eigenvalue weighted by Gasteiger charge is 2.51. The van der Waals surface area contributed by atoms with Gasteiger partial charge in [-0.3, -0.25) is 9.71 Å². The fourth-order valence-corrected chi connectivity index (χ4v) is 12.9. The Morgan fingerprint density at radius 3 is 1.87 bits per heavy atom. The van der Waals surface area contributed by atoms with E-state index in [1.54, 1.807) is 58.4 Å². The van der Waals surface area contributed by atoms with E-state index in [1.807, 2.05) is 48.5 Å². The Morgan fingerprint density at radius 2 is 1.38 bits per heavy atom. The van der Waals surface area contributed by atoms with Crippen LogP contribution in [-0.2, 0) is 25.7 Å². The van der Waals surface area contributed by atoms with Crippen LogP contribution in [0.25, 0.3) is 0 Å². The van der Waals surface area contributed by atoms with Crippen molar-refractivity contribution in [1.82, 2.24) is 15.1 Å². The van der Waals surface area contributed by atoms with Gasteiger partial charge < -0.3 is 29.2 Å². The van der Waals surface area contributed by atoms with Gasteiger partial charge in [-0.05, 0) is 84.4 Å². The van der Waals surface area contributed by atoms with Gasteiger partial charge in [-0.2, -0.15) is 5.06 Å². The molecule has 1 amide bonds. The molecule has 0 fully saturated rings. The number of sulfonamides is 1. The molecule has 4 aromatic carbocycles. The molecule has 0 radical (unpaired) electrons. The van der Waals surface area contributed by atoms with Crippen LogP contribution in [0.2, 0.25) is 5.04 Å². The van der Waals surface area contributed by atoms with Gasteiger partial charge >= 0.3 is 6.09 Å². The molecule has 4 rings (SSSR count). The largest absolute Gasteiger partial charge is 0.497 e. The number of hydrogen-bond donors (Lipinski definition) is 3. The summed E-state index contributed by atoms with van der Waals surface area (Å²) in [5.74, 6) is 7.54. The summed E-state index contributed by atoms with van der Waals surface area (Å²) in [7, 11) is -3.94. The molecular weight excluding hydrogens is 817 g/mol. The van der Waals surface area contributed by atoms with Crippen molar-refractivity contribution >= 4 is 51.7 Å².